The summed E-state index contributed by atoms with van der Waals surface area (Å²) in [5, 5.41) is 3.60. The molecule has 1 rings (SSSR count). The molecule has 94 valence electrons. The van der Waals surface area contributed by atoms with E-state index in [2.05, 4.69) is 5.32 Å². The van der Waals surface area contributed by atoms with Crippen LogP contribution in [0.3, 0.4) is 0 Å². The highest BCUT2D eigenvalue weighted by Crippen LogP contribution is 2.22. The Labute approximate surface area is 107 Å². The molecule has 4 nitrogen and oxygen atoms in total. The van der Waals surface area contributed by atoms with Crippen molar-refractivity contribution in [1.29, 1.82) is 0 Å². The fraction of sp³-hybridized carbons (Fsp3) is 0.417. The summed E-state index contributed by atoms with van der Waals surface area (Å²) in [6.45, 7) is 5.59. The maximum absolute atomic E-state index is 11.8. The number of anilines is 2. The molecule has 1 aromatic rings. The predicted molar refractivity (Wildman–Crippen MR) is 72.3 cm³/mol. The van der Waals surface area contributed by atoms with Gasteiger partial charge in [-0.25, -0.2) is 0 Å². The summed E-state index contributed by atoms with van der Waals surface area (Å²) < 4.78 is 0. The van der Waals surface area contributed by atoms with Gasteiger partial charge in [0.25, 0.3) is 0 Å². The zero-order valence-corrected chi connectivity index (χ0v) is 10.9. The summed E-state index contributed by atoms with van der Waals surface area (Å²) >= 11 is 5.79. The maximum atomic E-state index is 11.8. The Morgan fingerprint density at radius 3 is 2.59 bits per heavy atom. The van der Waals surface area contributed by atoms with Crippen LogP contribution >= 0.6 is 11.6 Å². The lowest BCUT2D eigenvalue weighted by Crippen LogP contribution is -2.35. The number of rotatable bonds is 5. The third-order valence-corrected chi connectivity index (χ3v) is 2.79. The molecule has 0 aliphatic heterocycles. The van der Waals surface area contributed by atoms with Crippen LogP contribution in [0.5, 0.6) is 0 Å². The molecular weight excluding hydrogens is 238 g/mol. The van der Waals surface area contributed by atoms with Gasteiger partial charge in [0.2, 0.25) is 5.91 Å². The number of nitrogens with two attached hydrogens (primary N) is 1. The Kier molecular flexibility index (Phi) is 5.10. The van der Waals surface area contributed by atoms with Crippen molar-refractivity contribution in [3.05, 3.63) is 23.2 Å². The Balaban J connectivity index is 2.58. The second kappa shape index (κ2) is 6.35. The van der Waals surface area contributed by atoms with Gasteiger partial charge >= 0.3 is 0 Å². The highest BCUT2D eigenvalue weighted by Gasteiger charge is 2.09. The summed E-state index contributed by atoms with van der Waals surface area (Å²) in [7, 11) is 0. The number of likely N-dealkylation sites (N-methyl/N-ethyl adjacent to an activating group) is 1. The van der Waals surface area contributed by atoms with E-state index in [0.717, 1.165) is 5.69 Å². The zero-order chi connectivity index (χ0) is 12.8. The van der Waals surface area contributed by atoms with E-state index in [1.165, 1.54) is 0 Å². The van der Waals surface area contributed by atoms with Crippen LogP contribution in [0.4, 0.5) is 11.4 Å². The Bertz CT molecular complexity index is 391. The summed E-state index contributed by atoms with van der Waals surface area (Å²) in [6, 6.07) is 5.17. The Morgan fingerprint density at radius 1 is 1.41 bits per heavy atom. The monoisotopic (exact) mass is 255 g/mol. The van der Waals surface area contributed by atoms with E-state index >= 15 is 0 Å². The molecule has 0 fully saturated rings. The van der Waals surface area contributed by atoms with Gasteiger partial charge in [-0.1, -0.05) is 11.6 Å². The van der Waals surface area contributed by atoms with Gasteiger partial charge in [-0.2, -0.15) is 0 Å². The summed E-state index contributed by atoms with van der Waals surface area (Å²) in [5.74, 6) is 0.0596. The minimum Gasteiger partial charge on any atom is -0.397 e. The predicted octanol–water partition coefficient (Wildman–Crippen LogP) is 2.20. The topological polar surface area (TPSA) is 58.4 Å². The molecule has 1 aromatic carbocycles. The quantitative estimate of drug-likeness (QED) is 0.793. The van der Waals surface area contributed by atoms with Crippen molar-refractivity contribution in [2.45, 2.75) is 13.8 Å². The molecule has 0 heterocycles. The SMILES string of the molecule is CCN(CC)C(=O)CNc1ccc(Cl)cc1N. The van der Waals surface area contributed by atoms with Gasteiger partial charge in [-0.15, -0.1) is 0 Å². The summed E-state index contributed by atoms with van der Waals surface area (Å²) in [4.78, 5) is 13.5. The van der Waals surface area contributed by atoms with Crippen LogP contribution < -0.4 is 11.1 Å². The molecule has 17 heavy (non-hydrogen) atoms. The van der Waals surface area contributed by atoms with E-state index in [9.17, 15) is 4.79 Å². The van der Waals surface area contributed by atoms with Gasteiger partial charge in [0.05, 0.1) is 17.9 Å². The second-order valence-corrected chi connectivity index (χ2v) is 4.09. The number of halogens is 1. The van der Waals surface area contributed by atoms with Crippen molar-refractivity contribution >= 4 is 28.9 Å². The van der Waals surface area contributed by atoms with Crippen LogP contribution in [0, 0.1) is 0 Å². The van der Waals surface area contributed by atoms with E-state index < -0.39 is 0 Å². The van der Waals surface area contributed by atoms with E-state index in [1.54, 1.807) is 23.1 Å². The second-order valence-electron chi connectivity index (χ2n) is 3.65. The average Bonchev–Trinajstić information content (AvgIpc) is 2.29. The molecular formula is C12H18ClN3O. The third-order valence-electron chi connectivity index (χ3n) is 2.56. The molecule has 0 radical (unpaired) electrons. The number of hydrogen-bond acceptors (Lipinski definition) is 3. The number of carbonyl (C=O) groups excluding carboxylic acids is 1. The molecule has 0 saturated carbocycles. The molecule has 0 atom stereocenters. The highest BCUT2D eigenvalue weighted by atomic mass is 35.5. The van der Waals surface area contributed by atoms with Gasteiger partial charge in [0, 0.05) is 18.1 Å². The van der Waals surface area contributed by atoms with Gasteiger partial charge in [0.1, 0.15) is 0 Å². The van der Waals surface area contributed by atoms with E-state index in [0.29, 0.717) is 23.8 Å². The minimum atomic E-state index is 0.0596. The first-order chi connectivity index (χ1) is 8.08. The van der Waals surface area contributed by atoms with Gasteiger partial charge in [0.15, 0.2) is 0 Å². The largest absolute Gasteiger partial charge is 0.397 e. The van der Waals surface area contributed by atoms with Gasteiger partial charge in [-0.05, 0) is 32.0 Å². The number of benzene rings is 1. The van der Waals surface area contributed by atoms with Crippen LogP contribution in [0.25, 0.3) is 0 Å². The first-order valence-corrected chi connectivity index (χ1v) is 6.03. The molecule has 0 bridgehead atoms. The molecule has 0 aliphatic rings. The molecule has 3 N–H and O–H groups in total. The van der Waals surface area contributed by atoms with Crippen molar-refractivity contribution in [2.75, 3.05) is 30.7 Å². The first-order valence-electron chi connectivity index (χ1n) is 5.65. The van der Waals surface area contributed by atoms with E-state index in [4.69, 9.17) is 17.3 Å². The standard InChI is InChI=1S/C12H18ClN3O/c1-3-16(4-2)12(17)8-15-11-6-5-9(13)7-10(11)14/h5-7,15H,3-4,8,14H2,1-2H3. The minimum absolute atomic E-state index is 0.0596. The van der Waals surface area contributed by atoms with Crippen LogP contribution in [0.1, 0.15) is 13.8 Å². The third kappa shape index (κ3) is 3.82. The van der Waals surface area contributed by atoms with E-state index in [-0.39, 0.29) is 12.5 Å². The lowest BCUT2D eigenvalue weighted by molar-refractivity contribution is -0.128. The molecule has 0 unspecified atom stereocenters. The fourth-order valence-electron chi connectivity index (χ4n) is 1.55. The fourth-order valence-corrected chi connectivity index (χ4v) is 1.73. The number of nitrogens with one attached hydrogen (secondary N) is 1. The molecule has 0 saturated heterocycles. The van der Waals surface area contributed by atoms with Crippen molar-refractivity contribution < 1.29 is 4.79 Å². The van der Waals surface area contributed by atoms with Gasteiger partial charge in [-0.3, -0.25) is 4.79 Å². The maximum Gasteiger partial charge on any atom is 0.241 e. The van der Waals surface area contributed by atoms with Crippen molar-refractivity contribution in [2.24, 2.45) is 0 Å². The summed E-state index contributed by atoms with van der Waals surface area (Å²) in [6.07, 6.45) is 0. The van der Waals surface area contributed by atoms with E-state index in [1.807, 2.05) is 13.8 Å². The van der Waals surface area contributed by atoms with Crippen LogP contribution in [-0.2, 0) is 4.79 Å². The molecule has 5 heteroatoms. The number of carbonyl (C=O) groups is 1. The Morgan fingerprint density at radius 2 is 2.06 bits per heavy atom. The number of nitrogens with zero attached hydrogens (tertiary/aromatic N) is 1. The lowest BCUT2D eigenvalue weighted by atomic mass is 10.2. The van der Waals surface area contributed by atoms with Gasteiger partial charge < -0.3 is 16.0 Å². The molecule has 1 amide bonds. The van der Waals surface area contributed by atoms with Crippen molar-refractivity contribution in [3.63, 3.8) is 0 Å². The molecule has 0 spiro atoms. The van der Waals surface area contributed by atoms with Crippen LogP contribution in [-0.4, -0.2) is 30.4 Å². The number of nitrogen functional groups attached to an aromatic ring is 1. The average molecular weight is 256 g/mol. The first kappa shape index (κ1) is 13.6. The Hall–Kier alpha value is -1.42. The number of amides is 1. The van der Waals surface area contributed by atoms with Crippen LogP contribution in [0.15, 0.2) is 18.2 Å². The lowest BCUT2D eigenvalue weighted by Gasteiger charge is -2.19. The molecule has 0 aromatic heterocycles. The zero-order valence-electron chi connectivity index (χ0n) is 10.2. The normalized spacial score (nSPS) is 10.1. The molecule has 0 aliphatic carbocycles. The smallest absolute Gasteiger partial charge is 0.241 e. The van der Waals surface area contributed by atoms with Crippen molar-refractivity contribution in [1.82, 2.24) is 4.90 Å². The highest BCUT2D eigenvalue weighted by molar-refractivity contribution is 6.31. The van der Waals surface area contributed by atoms with Crippen LogP contribution in [0.2, 0.25) is 5.02 Å². The van der Waals surface area contributed by atoms with Crippen molar-refractivity contribution in [3.8, 4) is 0 Å². The summed E-state index contributed by atoms with van der Waals surface area (Å²) in [5.41, 5.74) is 7.05. The number of hydrogen-bond donors (Lipinski definition) is 2.